The maximum absolute atomic E-state index is 12.0. The first-order chi connectivity index (χ1) is 14.0. The Hall–Kier alpha value is -3.94. The van der Waals surface area contributed by atoms with Crippen LogP contribution in [0.5, 0.6) is 17.5 Å². The molecule has 0 bridgehead atoms. The number of hydrogen-bond donors (Lipinski definition) is 3. The molecule has 1 saturated carbocycles. The van der Waals surface area contributed by atoms with Gasteiger partial charge in [-0.3, -0.25) is 9.63 Å². The fourth-order valence-electron chi connectivity index (χ4n) is 2.71. The van der Waals surface area contributed by atoms with Gasteiger partial charge < -0.3 is 20.3 Å². The Morgan fingerprint density at radius 1 is 0.862 bits per heavy atom. The van der Waals surface area contributed by atoms with Crippen LogP contribution in [0.1, 0.15) is 23.2 Å². The average molecular weight is 394 g/mol. The number of ether oxygens (including phenoxy) is 1. The second kappa shape index (κ2) is 7.59. The number of hydrogen-bond acceptors (Lipinski definition) is 6. The van der Waals surface area contributed by atoms with Crippen molar-refractivity contribution in [3.8, 4) is 28.6 Å². The number of nitrogens with one attached hydrogen (secondary N) is 1. The van der Waals surface area contributed by atoms with Gasteiger partial charge in [0, 0.05) is 23.7 Å². The SMILES string of the molecule is O=C(Oc1ccc(-c2ccc(C(=O)NC3CC3)cc2)cc1)On1c(O)ccc1O. The minimum atomic E-state index is -1.12. The molecule has 148 valence electrons. The molecule has 3 aromatic rings. The van der Waals surface area contributed by atoms with Crippen molar-refractivity contribution < 1.29 is 29.4 Å². The average Bonchev–Trinajstić information content (AvgIpc) is 3.49. The summed E-state index contributed by atoms with van der Waals surface area (Å²) in [7, 11) is 0. The Labute approximate surface area is 165 Å². The first-order valence-electron chi connectivity index (χ1n) is 9.01. The van der Waals surface area contributed by atoms with Crippen molar-refractivity contribution in [3.63, 3.8) is 0 Å². The number of rotatable bonds is 5. The predicted octanol–water partition coefficient (Wildman–Crippen LogP) is 3.09. The highest BCUT2D eigenvalue weighted by atomic mass is 16.8. The number of nitrogens with zero attached hydrogens (tertiary/aromatic N) is 1. The van der Waals surface area contributed by atoms with Gasteiger partial charge in [-0.2, -0.15) is 0 Å². The highest BCUT2D eigenvalue weighted by Crippen LogP contribution is 2.24. The predicted molar refractivity (Wildman–Crippen MR) is 103 cm³/mol. The van der Waals surface area contributed by atoms with Crippen LogP contribution in [0, 0.1) is 0 Å². The number of carbonyl (C=O) groups is 2. The maximum atomic E-state index is 12.0. The first kappa shape index (κ1) is 18.4. The van der Waals surface area contributed by atoms with E-state index in [9.17, 15) is 19.8 Å². The van der Waals surface area contributed by atoms with Crippen LogP contribution in [0.2, 0.25) is 0 Å². The van der Waals surface area contributed by atoms with Gasteiger partial charge in [0.1, 0.15) is 5.75 Å². The molecule has 4 rings (SSSR count). The lowest BCUT2D eigenvalue weighted by molar-refractivity contribution is 0.0708. The molecule has 8 heteroatoms. The lowest BCUT2D eigenvalue weighted by Gasteiger charge is -2.08. The Bertz CT molecular complexity index is 1020. The van der Waals surface area contributed by atoms with E-state index in [1.807, 2.05) is 12.1 Å². The quantitative estimate of drug-likeness (QED) is 0.453. The van der Waals surface area contributed by atoms with Crippen LogP contribution < -0.4 is 14.9 Å². The van der Waals surface area contributed by atoms with Gasteiger partial charge >= 0.3 is 6.16 Å². The molecule has 1 heterocycles. The Balaban J connectivity index is 1.38. The molecule has 3 N–H and O–H groups in total. The molecule has 0 saturated heterocycles. The zero-order valence-electron chi connectivity index (χ0n) is 15.2. The van der Waals surface area contributed by atoms with Crippen LogP contribution in [0.4, 0.5) is 4.79 Å². The van der Waals surface area contributed by atoms with Crippen LogP contribution in [0.3, 0.4) is 0 Å². The topological polar surface area (TPSA) is 110 Å². The smallest absolute Gasteiger partial charge is 0.492 e. The Morgan fingerprint density at radius 2 is 1.41 bits per heavy atom. The summed E-state index contributed by atoms with van der Waals surface area (Å²) < 4.78 is 5.56. The number of carbonyl (C=O) groups excluding carboxylic acids is 2. The van der Waals surface area contributed by atoms with Crippen LogP contribution in [-0.4, -0.2) is 33.0 Å². The molecule has 0 radical (unpaired) electrons. The summed E-state index contributed by atoms with van der Waals surface area (Å²) in [6.45, 7) is 0. The number of amides is 1. The van der Waals surface area contributed by atoms with Crippen LogP contribution in [0.25, 0.3) is 11.1 Å². The van der Waals surface area contributed by atoms with Gasteiger partial charge in [-0.25, -0.2) is 4.79 Å². The second-order valence-electron chi connectivity index (χ2n) is 6.64. The van der Waals surface area contributed by atoms with E-state index in [0.29, 0.717) is 16.3 Å². The molecule has 1 aliphatic rings. The van der Waals surface area contributed by atoms with Crippen LogP contribution in [-0.2, 0) is 0 Å². The van der Waals surface area contributed by atoms with Crippen LogP contribution in [0.15, 0.2) is 60.7 Å². The van der Waals surface area contributed by atoms with E-state index >= 15 is 0 Å². The molecule has 2 aromatic carbocycles. The number of aromatic nitrogens is 1. The third kappa shape index (κ3) is 4.32. The summed E-state index contributed by atoms with van der Waals surface area (Å²) in [6.07, 6.45) is 0.963. The van der Waals surface area contributed by atoms with E-state index < -0.39 is 17.9 Å². The van der Waals surface area contributed by atoms with Crippen LogP contribution >= 0.6 is 0 Å². The Kier molecular flexibility index (Phi) is 4.82. The summed E-state index contributed by atoms with van der Waals surface area (Å²) in [4.78, 5) is 28.6. The lowest BCUT2D eigenvalue weighted by Crippen LogP contribution is -2.25. The normalized spacial score (nSPS) is 13.0. The minimum Gasteiger partial charge on any atom is -0.492 e. The van der Waals surface area contributed by atoms with Gasteiger partial charge in [0.2, 0.25) is 11.8 Å². The van der Waals surface area contributed by atoms with Crippen molar-refractivity contribution in [2.45, 2.75) is 18.9 Å². The van der Waals surface area contributed by atoms with E-state index in [2.05, 4.69) is 5.32 Å². The summed E-state index contributed by atoms with van der Waals surface area (Å²) in [5, 5.41) is 21.9. The van der Waals surface area contributed by atoms with E-state index in [1.165, 1.54) is 0 Å². The molecule has 0 spiro atoms. The van der Waals surface area contributed by atoms with Crippen molar-refractivity contribution in [1.82, 2.24) is 10.0 Å². The zero-order chi connectivity index (χ0) is 20.4. The van der Waals surface area contributed by atoms with Crippen molar-refractivity contribution >= 4 is 12.1 Å². The van der Waals surface area contributed by atoms with Gasteiger partial charge in [0.05, 0.1) is 0 Å². The largest absolute Gasteiger partial charge is 0.539 e. The highest BCUT2D eigenvalue weighted by molar-refractivity contribution is 5.95. The van der Waals surface area contributed by atoms with Gasteiger partial charge in [0.15, 0.2) is 0 Å². The summed E-state index contributed by atoms with van der Waals surface area (Å²) in [5.74, 6) is -0.723. The molecule has 8 nitrogen and oxygen atoms in total. The molecule has 0 unspecified atom stereocenters. The molecular formula is C21H18N2O6. The fraction of sp³-hybridized carbons (Fsp3) is 0.143. The summed E-state index contributed by atoms with van der Waals surface area (Å²) in [5.41, 5.74) is 2.39. The zero-order valence-corrected chi connectivity index (χ0v) is 15.2. The monoisotopic (exact) mass is 394 g/mol. The van der Waals surface area contributed by atoms with E-state index in [1.54, 1.807) is 36.4 Å². The lowest BCUT2D eigenvalue weighted by atomic mass is 10.0. The molecule has 1 fully saturated rings. The Morgan fingerprint density at radius 3 is 1.97 bits per heavy atom. The summed E-state index contributed by atoms with van der Waals surface area (Å²) >= 11 is 0. The standard InChI is InChI=1S/C21H18N2O6/c24-18-11-12-19(25)23(18)29-21(27)28-17-9-5-14(6-10-17)13-1-3-15(4-2-13)20(26)22-16-7-8-16/h1-6,9-12,16,24-25H,7-8H2,(H,22,26). The van der Waals surface area contributed by atoms with Gasteiger partial charge in [-0.05, 0) is 48.2 Å². The molecule has 29 heavy (non-hydrogen) atoms. The third-order valence-corrected chi connectivity index (χ3v) is 4.41. The van der Waals surface area contributed by atoms with E-state index in [-0.39, 0.29) is 11.7 Å². The molecular weight excluding hydrogens is 376 g/mol. The van der Waals surface area contributed by atoms with Crippen molar-refractivity contribution in [2.24, 2.45) is 0 Å². The maximum Gasteiger partial charge on any atom is 0.539 e. The second-order valence-corrected chi connectivity index (χ2v) is 6.64. The molecule has 0 aliphatic heterocycles. The first-order valence-corrected chi connectivity index (χ1v) is 9.01. The third-order valence-electron chi connectivity index (χ3n) is 4.41. The summed E-state index contributed by atoms with van der Waals surface area (Å²) in [6, 6.07) is 16.6. The molecule has 1 aliphatic carbocycles. The molecule has 1 amide bonds. The molecule has 0 atom stereocenters. The molecule has 1 aromatic heterocycles. The van der Waals surface area contributed by atoms with Crippen molar-refractivity contribution in [2.75, 3.05) is 0 Å². The van der Waals surface area contributed by atoms with Gasteiger partial charge in [-0.1, -0.05) is 24.3 Å². The van der Waals surface area contributed by atoms with E-state index in [4.69, 9.17) is 9.57 Å². The highest BCUT2D eigenvalue weighted by Gasteiger charge is 2.23. The van der Waals surface area contributed by atoms with Crippen molar-refractivity contribution in [3.05, 3.63) is 66.2 Å². The number of aromatic hydroxyl groups is 2. The minimum absolute atomic E-state index is 0.0684. The van der Waals surface area contributed by atoms with E-state index in [0.717, 1.165) is 36.1 Å². The fourth-order valence-corrected chi connectivity index (χ4v) is 2.71. The van der Waals surface area contributed by atoms with Gasteiger partial charge in [-0.15, -0.1) is 4.73 Å². The number of benzene rings is 2. The van der Waals surface area contributed by atoms with Gasteiger partial charge in [0.25, 0.3) is 5.91 Å². The van der Waals surface area contributed by atoms with Crippen molar-refractivity contribution in [1.29, 1.82) is 0 Å².